The van der Waals surface area contributed by atoms with Crippen molar-refractivity contribution >= 4 is 28.6 Å². The number of carbonyl (C=O) groups is 1. The van der Waals surface area contributed by atoms with Crippen LogP contribution in [0.15, 0.2) is 22.2 Å². The van der Waals surface area contributed by atoms with Crippen LogP contribution in [0.4, 0.5) is 0 Å². The lowest BCUT2D eigenvalue weighted by molar-refractivity contribution is -0.00353. The van der Waals surface area contributed by atoms with Gasteiger partial charge in [-0.2, -0.15) is 11.3 Å². The predicted molar refractivity (Wildman–Crippen MR) is 67.5 cm³/mol. The summed E-state index contributed by atoms with van der Waals surface area (Å²) in [6.45, 7) is 1.21. The molecular weight excluding hydrogens is 256 g/mol. The van der Waals surface area contributed by atoms with Crippen LogP contribution in [0.2, 0.25) is 0 Å². The van der Waals surface area contributed by atoms with Gasteiger partial charge in [-0.15, -0.1) is 11.3 Å². The van der Waals surface area contributed by atoms with Crippen LogP contribution in [0.3, 0.4) is 0 Å². The lowest BCUT2D eigenvalue weighted by Crippen LogP contribution is -2.48. The second-order valence-electron chi connectivity index (χ2n) is 3.76. The topological polar surface area (TPSA) is 51.2 Å². The van der Waals surface area contributed by atoms with Gasteiger partial charge in [0, 0.05) is 16.3 Å². The molecule has 0 bridgehead atoms. The van der Waals surface area contributed by atoms with Gasteiger partial charge in [-0.25, -0.2) is 4.98 Å². The number of nitrogens with zero attached hydrogens (tertiary/aromatic N) is 1. The van der Waals surface area contributed by atoms with Crippen LogP contribution in [0.1, 0.15) is 10.5 Å². The van der Waals surface area contributed by atoms with Gasteiger partial charge < -0.3 is 10.1 Å². The average molecular weight is 266 g/mol. The molecule has 17 heavy (non-hydrogen) atoms. The molecule has 1 amide bonds. The molecule has 3 heterocycles. The lowest BCUT2D eigenvalue weighted by Gasteiger charge is -2.26. The Bertz CT molecular complexity index is 517. The van der Waals surface area contributed by atoms with Gasteiger partial charge >= 0.3 is 0 Å². The molecule has 0 saturated carbocycles. The molecular formula is C11H10N2O2S2. The highest BCUT2D eigenvalue weighted by Crippen LogP contribution is 2.25. The Morgan fingerprint density at radius 2 is 2.35 bits per heavy atom. The number of rotatable bonds is 3. The van der Waals surface area contributed by atoms with Crippen LogP contribution in [0, 0.1) is 0 Å². The number of hydrogen-bond acceptors (Lipinski definition) is 5. The van der Waals surface area contributed by atoms with Gasteiger partial charge in [-0.3, -0.25) is 4.79 Å². The van der Waals surface area contributed by atoms with Crippen molar-refractivity contribution in [2.75, 3.05) is 13.2 Å². The minimum Gasteiger partial charge on any atom is -0.377 e. The highest BCUT2D eigenvalue weighted by molar-refractivity contribution is 7.14. The number of thiophene rings is 1. The molecule has 1 aliphatic heterocycles. The number of hydrogen-bond donors (Lipinski definition) is 1. The second kappa shape index (κ2) is 4.56. The monoisotopic (exact) mass is 266 g/mol. The number of ether oxygens (including phenoxy) is 1. The largest absolute Gasteiger partial charge is 0.377 e. The van der Waals surface area contributed by atoms with Gasteiger partial charge in [0.05, 0.1) is 19.3 Å². The summed E-state index contributed by atoms with van der Waals surface area (Å²) in [7, 11) is 0. The SMILES string of the molecule is O=C(NC1COC1)c1csc(-c2ccsc2)n1. The third-order valence-electron chi connectivity index (χ3n) is 2.48. The van der Waals surface area contributed by atoms with Crippen LogP contribution in [0.25, 0.3) is 10.6 Å². The van der Waals surface area contributed by atoms with Crippen molar-refractivity contribution < 1.29 is 9.53 Å². The Kier molecular flexibility index (Phi) is 2.92. The van der Waals surface area contributed by atoms with Gasteiger partial charge in [0.25, 0.3) is 5.91 Å². The second-order valence-corrected chi connectivity index (χ2v) is 5.40. The molecule has 1 saturated heterocycles. The third kappa shape index (κ3) is 2.24. The van der Waals surface area contributed by atoms with Crippen molar-refractivity contribution in [1.82, 2.24) is 10.3 Å². The van der Waals surface area contributed by atoms with Gasteiger partial charge in [0.15, 0.2) is 0 Å². The van der Waals surface area contributed by atoms with E-state index in [0.29, 0.717) is 18.9 Å². The maximum atomic E-state index is 11.8. The number of aromatic nitrogens is 1. The average Bonchev–Trinajstić information content (AvgIpc) is 2.91. The van der Waals surface area contributed by atoms with E-state index in [0.717, 1.165) is 10.6 Å². The molecule has 88 valence electrons. The van der Waals surface area contributed by atoms with Crippen LogP contribution in [0.5, 0.6) is 0 Å². The quantitative estimate of drug-likeness (QED) is 0.924. The number of carbonyl (C=O) groups excluding carboxylic acids is 1. The highest BCUT2D eigenvalue weighted by Gasteiger charge is 2.22. The molecule has 0 unspecified atom stereocenters. The molecule has 1 N–H and O–H groups in total. The molecule has 3 rings (SSSR count). The summed E-state index contributed by atoms with van der Waals surface area (Å²) in [6.07, 6.45) is 0. The van der Waals surface area contributed by atoms with Crippen LogP contribution in [-0.4, -0.2) is 30.1 Å². The molecule has 0 atom stereocenters. The molecule has 6 heteroatoms. The van der Waals surface area contributed by atoms with E-state index in [1.54, 1.807) is 16.7 Å². The van der Waals surface area contributed by atoms with Crippen LogP contribution in [-0.2, 0) is 4.74 Å². The summed E-state index contributed by atoms with van der Waals surface area (Å²) in [5.41, 5.74) is 1.56. The standard InChI is InChI=1S/C11H10N2O2S2/c14-10(12-8-3-15-4-8)9-6-17-11(13-9)7-1-2-16-5-7/h1-2,5-6,8H,3-4H2,(H,12,14). The molecule has 2 aromatic heterocycles. The number of nitrogens with one attached hydrogen (secondary N) is 1. The van der Waals surface area contributed by atoms with E-state index in [-0.39, 0.29) is 11.9 Å². The van der Waals surface area contributed by atoms with Crippen molar-refractivity contribution in [2.24, 2.45) is 0 Å². The highest BCUT2D eigenvalue weighted by atomic mass is 32.1. The maximum absolute atomic E-state index is 11.8. The number of amides is 1. The van der Waals surface area contributed by atoms with Crippen LogP contribution < -0.4 is 5.32 Å². The van der Waals surface area contributed by atoms with Crippen molar-refractivity contribution in [3.63, 3.8) is 0 Å². The summed E-state index contributed by atoms with van der Waals surface area (Å²) in [5, 5.41) is 9.59. The van der Waals surface area contributed by atoms with E-state index in [4.69, 9.17) is 4.74 Å². The zero-order valence-electron chi connectivity index (χ0n) is 8.88. The molecule has 1 aliphatic rings. The van der Waals surface area contributed by atoms with Gasteiger partial charge in [-0.05, 0) is 11.4 Å². The van der Waals surface area contributed by atoms with E-state index in [9.17, 15) is 4.79 Å². The molecule has 0 spiro atoms. The van der Waals surface area contributed by atoms with Crippen LogP contribution >= 0.6 is 22.7 Å². The first kappa shape index (κ1) is 10.9. The van der Waals surface area contributed by atoms with Gasteiger partial charge in [-0.1, -0.05) is 0 Å². The van der Waals surface area contributed by atoms with Gasteiger partial charge in [0.1, 0.15) is 10.7 Å². The molecule has 0 aromatic carbocycles. The van der Waals surface area contributed by atoms with Crippen molar-refractivity contribution in [2.45, 2.75) is 6.04 Å². The van der Waals surface area contributed by atoms with Gasteiger partial charge in [0.2, 0.25) is 0 Å². The predicted octanol–water partition coefficient (Wildman–Crippen LogP) is 2.00. The Hall–Kier alpha value is -1.24. The maximum Gasteiger partial charge on any atom is 0.271 e. The summed E-state index contributed by atoms with van der Waals surface area (Å²) in [5.74, 6) is -0.115. The molecule has 0 radical (unpaired) electrons. The minimum absolute atomic E-state index is 0.115. The smallest absolute Gasteiger partial charge is 0.271 e. The summed E-state index contributed by atoms with van der Waals surface area (Å²) < 4.78 is 5.00. The molecule has 2 aromatic rings. The zero-order valence-corrected chi connectivity index (χ0v) is 10.5. The summed E-state index contributed by atoms with van der Waals surface area (Å²) >= 11 is 3.12. The molecule has 0 aliphatic carbocycles. The Morgan fingerprint density at radius 1 is 1.47 bits per heavy atom. The van der Waals surface area contributed by atoms with E-state index >= 15 is 0 Å². The Morgan fingerprint density at radius 3 is 3.00 bits per heavy atom. The fraction of sp³-hybridized carbons (Fsp3) is 0.273. The van der Waals surface area contributed by atoms with E-state index in [1.807, 2.05) is 16.8 Å². The Balaban J connectivity index is 1.73. The summed E-state index contributed by atoms with van der Waals surface area (Å²) in [4.78, 5) is 16.1. The number of thiazole rings is 1. The van der Waals surface area contributed by atoms with Crippen molar-refractivity contribution in [1.29, 1.82) is 0 Å². The zero-order chi connectivity index (χ0) is 11.7. The first-order chi connectivity index (χ1) is 8.33. The third-order valence-corrected chi connectivity index (χ3v) is 4.05. The fourth-order valence-corrected chi connectivity index (χ4v) is 2.99. The first-order valence-electron chi connectivity index (χ1n) is 5.19. The first-order valence-corrected chi connectivity index (χ1v) is 7.02. The molecule has 4 nitrogen and oxygen atoms in total. The van der Waals surface area contributed by atoms with Crippen molar-refractivity contribution in [3.05, 3.63) is 27.9 Å². The normalized spacial score (nSPS) is 15.5. The van der Waals surface area contributed by atoms with Crippen molar-refractivity contribution in [3.8, 4) is 10.6 Å². The van der Waals surface area contributed by atoms with E-state index < -0.39 is 0 Å². The lowest BCUT2D eigenvalue weighted by atomic mass is 10.2. The minimum atomic E-state index is -0.115. The summed E-state index contributed by atoms with van der Waals surface area (Å²) in [6, 6.07) is 2.15. The molecule has 1 fully saturated rings. The van der Waals surface area contributed by atoms with E-state index in [2.05, 4.69) is 10.3 Å². The fourth-order valence-electron chi connectivity index (χ4n) is 1.48. The van der Waals surface area contributed by atoms with E-state index in [1.165, 1.54) is 11.3 Å². The Labute approximate surface area is 106 Å².